The van der Waals surface area contributed by atoms with Crippen LogP contribution >= 0.6 is 0 Å². The highest BCUT2D eigenvalue weighted by Gasteiger charge is 2.35. The molecule has 0 bridgehead atoms. The van der Waals surface area contributed by atoms with Gasteiger partial charge in [0.1, 0.15) is 0 Å². The van der Waals surface area contributed by atoms with Gasteiger partial charge < -0.3 is 19.5 Å². The molecule has 33 heavy (non-hydrogen) atoms. The van der Waals surface area contributed by atoms with Gasteiger partial charge in [-0.25, -0.2) is 0 Å². The number of nitrogens with zero attached hydrogens (tertiary/aromatic N) is 1. The van der Waals surface area contributed by atoms with E-state index >= 15 is 0 Å². The van der Waals surface area contributed by atoms with Gasteiger partial charge in [-0.15, -0.1) is 0 Å². The highest BCUT2D eigenvalue weighted by Crippen LogP contribution is 2.39. The van der Waals surface area contributed by atoms with Gasteiger partial charge in [-0.2, -0.15) is 0 Å². The third-order valence-electron chi connectivity index (χ3n) is 6.72. The summed E-state index contributed by atoms with van der Waals surface area (Å²) >= 11 is 0. The maximum atomic E-state index is 13.4. The SMILES string of the molecule is COc1ccc(C(CC(=O)O)N2Cc3cc4ccccc4cc3C2=O)cc1OC1CCCC1. The Morgan fingerprint density at radius 3 is 2.48 bits per heavy atom. The molecule has 2 aliphatic rings. The molecular weight excluding hydrogens is 418 g/mol. The number of carbonyl (C=O) groups excluding carboxylic acids is 1. The number of benzene rings is 3. The molecule has 0 saturated heterocycles. The van der Waals surface area contributed by atoms with Crippen LogP contribution in [0.1, 0.15) is 59.6 Å². The Hall–Kier alpha value is -3.54. The number of carboxylic acid groups (broad SMARTS) is 1. The molecule has 1 fully saturated rings. The standard InChI is InChI=1S/C27H27NO5/c1-32-24-11-10-19(14-25(24)33-21-8-4-5-9-21)23(15-26(29)30)28-16-20-12-17-6-2-3-7-18(17)13-22(20)27(28)31/h2-3,6-7,10-14,21,23H,4-5,8-9,15-16H2,1H3,(H,29,30). The van der Waals surface area contributed by atoms with E-state index in [0.29, 0.717) is 23.6 Å². The highest BCUT2D eigenvalue weighted by molar-refractivity contribution is 6.03. The van der Waals surface area contributed by atoms with Crippen LogP contribution in [0.2, 0.25) is 0 Å². The Balaban J connectivity index is 1.50. The summed E-state index contributed by atoms with van der Waals surface area (Å²) in [6.07, 6.45) is 4.23. The van der Waals surface area contributed by atoms with Gasteiger partial charge in [0.2, 0.25) is 0 Å². The second-order valence-electron chi connectivity index (χ2n) is 8.84. The largest absolute Gasteiger partial charge is 0.493 e. The molecule has 1 amide bonds. The lowest BCUT2D eigenvalue weighted by Gasteiger charge is -2.28. The quantitative estimate of drug-likeness (QED) is 0.531. The van der Waals surface area contributed by atoms with Gasteiger partial charge in [-0.1, -0.05) is 30.3 Å². The molecule has 6 nitrogen and oxygen atoms in total. The van der Waals surface area contributed by atoms with Crippen molar-refractivity contribution < 1.29 is 24.2 Å². The molecule has 0 spiro atoms. The zero-order valence-corrected chi connectivity index (χ0v) is 18.6. The van der Waals surface area contributed by atoms with E-state index in [0.717, 1.165) is 47.6 Å². The van der Waals surface area contributed by atoms with Gasteiger partial charge in [0.25, 0.3) is 5.91 Å². The fraction of sp³-hybridized carbons (Fsp3) is 0.333. The van der Waals surface area contributed by atoms with Crippen LogP contribution < -0.4 is 9.47 Å². The van der Waals surface area contributed by atoms with Crippen molar-refractivity contribution in [3.63, 3.8) is 0 Å². The Morgan fingerprint density at radius 1 is 1.06 bits per heavy atom. The Morgan fingerprint density at radius 2 is 1.79 bits per heavy atom. The second kappa shape index (κ2) is 8.77. The third-order valence-corrected chi connectivity index (χ3v) is 6.72. The van der Waals surface area contributed by atoms with Crippen molar-refractivity contribution >= 4 is 22.6 Å². The van der Waals surface area contributed by atoms with Crippen molar-refractivity contribution in [3.8, 4) is 11.5 Å². The highest BCUT2D eigenvalue weighted by atomic mass is 16.5. The van der Waals surface area contributed by atoms with E-state index in [4.69, 9.17) is 9.47 Å². The number of ether oxygens (including phenoxy) is 2. The number of hydrogen-bond donors (Lipinski definition) is 1. The van der Waals surface area contributed by atoms with Crippen LogP contribution in [0, 0.1) is 0 Å². The summed E-state index contributed by atoms with van der Waals surface area (Å²) in [5, 5.41) is 11.7. The fourth-order valence-electron chi connectivity index (χ4n) is 5.03. The molecule has 1 aliphatic heterocycles. The maximum absolute atomic E-state index is 13.4. The lowest BCUT2D eigenvalue weighted by Crippen LogP contribution is -2.31. The number of carboxylic acids is 1. The van der Waals surface area contributed by atoms with Gasteiger partial charge in [0.15, 0.2) is 11.5 Å². The van der Waals surface area contributed by atoms with Crippen molar-refractivity contribution in [1.29, 1.82) is 0 Å². The molecule has 5 rings (SSSR count). The minimum Gasteiger partial charge on any atom is -0.493 e. The number of rotatable bonds is 7. The Bertz CT molecular complexity index is 1210. The predicted octanol–water partition coefficient (Wildman–Crippen LogP) is 5.34. The molecule has 170 valence electrons. The first-order valence-corrected chi connectivity index (χ1v) is 11.4. The first-order chi connectivity index (χ1) is 16.0. The van der Waals surface area contributed by atoms with E-state index in [1.54, 1.807) is 18.1 Å². The summed E-state index contributed by atoms with van der Waals surface area (Å²) in [5.74, 6) is 0.119. The van der Waals surface area contributed by atoms with Crippen LogP contribution in [0.4, 0.5) is 0 Å². The first kappa shape index (κ1) is 21.3. The Kier molecular flexibility index (Phi) is 5.67. The van der Waals surface area contributed by atoms with Gasteiger partial charge in [-0.05, 0) is 71.8 Å². The molecule has 6 heteroatoms. The zero-order valence-electron chi connectivity index (χ0n) is 18.6. The van der Waals surface area contributed by atoms with Gasteiger partial charge >= 0.3 is 5.97 Å². The molecule has 1 aliphatic carbocycles. The molecule has 1 unspecified atom stereocenters. The van der Waals surface area contributed by atoms with Crippen molar-refractivity contribution in [2.24, 2.45) is 0 Å². The van der Waals surface area contributed by atoms with E-state index in [9.17, 15) is 14.7 Å². The number of fused-ring (bicyclic) bond motifs is 2. The van der Waals surface area contributed by atoms with Crippen molar-refractivity contribution in [2.75, 3.05) is 7.11 Å². The minimum atomic E-state index is -0.956. The lowest BCUT2D eigenvalue weighted by molar-refractivity contribution is -0.138. The summed E-state index contributed by atoms with van der Waals surface area (Å²) < 4.78 is 11.7. The zero-order chi connectivity index (χ0) is 22.9. The smallest absolute Gasteiger partial charge is 0.305 e. The molecular formula is C27H27NO5. The summed E-state index contributed by atoms with van der Waals surface area (Å²) in [4.78, 5) is 26.9. The molecule has 1 heterocycles. The fourth-order valence-corrected chi connectivity index (χ4v) is 5.03. The molecule has 0 radical (unpaired) electrons. The summed E-state index contributed by atoms with van der Waals surface area (Å²) in [6, 6.07) is 16.7. The average Bonchev–Trinajstić information content (AvgIpc) is 3.44. The Labute approximate surface area is 192 Å². The van der Waals surface area contributed by atoms with Crippen LogP contribution in [-0.4, -0.2) is 35.1 Å². The minimum absolute atomic E-state index is 0.136. The summed E-state index contributed by atoms with van der Waals surface area (Å²) in [6.45, 7) is 0.377. The third kappa shape index (κ3) is 4.13. The van der Waals surface area contributed by atoms with Crippen molar-refractivity contribution in [3.05, 3.63) is 71.3 Å². The summed E-state index contributed by atoms with van der Waals surface area (Å²) in [7, 11) is 1.59. The van der Waals surface area contributed by atoms with Crippen molar-refractivity contribution in [1.82, 2.24) is 4.90 Å². The number of amides is 1. The number of carbonyl (C=O) groups is 2. The van der Waals surface area contributed by atoms with Crippen LogP contribution in [0.3, 0.4) is 0 Å². The molecule has 1 saturated carbocycles. The summed E-state index contributed by atoms with van der Waals surface area (Å²) in [5.41, 5.74) is 2.29. The van der Waals surface area contributed by atoms with E-state index in [1.165, 1.54) is 0 Å². The van der Waals surface area contributed by atoms with Crippen LogP contribution in [0.5, 0.6) is 11.5 Å². The molecule has 0 aromatic heterocycles. The monoisotopic (exact) mass is 445 g/mol. The predicted molar refractivity (Wildman–Crippen MR) is 125 cm³/mol. The van der Waals surface area contributed by atoms with Gasteiger partial charge in [0, 0.05) is 12.1 Å². The van der Waals surface area contributed by atoms with Crippen molar-refractivity contribution in [2.45, 2.75) is 50.8 Å². The topological polar surface area (TPSA) is 76.1 Å². The molecule has 3 aromatic rings. The molecule has 1 N–H and O–H groups in total. The van der Waals surface area contributed by atoms with Gasteiger partial charge in [0.05, 0.1) is 25.7 Å². The second-order valence-corrected chi connectivity index (χ2v) is 8.84. The van der Waals surface area contributed by atoms with E-state index in [2.05, 4.69) is 0 Å². The normalized spacial score (nSPS) is 16.8. The maximum Gasteiger partial charge on any atom is 0.305 e. The van der Waals surface area contributed by atoms with Crippen LogP contribution in [0.15, 0.2) is 54.6 Å². The van der Waals surface area contributed by atoms with Crippen LogP contribution in [-0.2, 0) is 11.3 Å². The number of aliphatic carboxylic acids is 1. The van der Waals surface area contributed by atoms with Gasteiger partial charge in [-0.3, -0.25) is 9.59 Å². The number of methoxy groups -OCH3 is 1. The van der Waals surface area contributed by atoms with E-state index in [-0.39, 0.29) is 18.4 Å². The first-order valence-electron chi connectivity index (χ1n) is 11.4. The number of hydrogen-bond acceptors (Lipinski definition) is 4. The molecule has 1 atom stereocenters. The lowest BCUT2D eigenvalue weighted by atomic mass is 10.0. The van der Waals surface area contributed by atoms with Crippen LogP contribution in [0.25, 0.3) is 10.8 Å². The average molecular weight is 446 g/mol. The van der Waals surface area contributed by atoms with E-state index in [1.807, 2.05) is 48.5 Å². The van der Waals surface area contributed by atoms with E-state index < -0.39 is 12.0 Å². The molecule has 3 aromatic carbocycles.